The van der Waals surface area contributed by atoms with Crippen LogP contribution in [-0.2, 0) is 10.2 Å². The molecule has 1 fully saturated rings. The molecule has 0 aromatic heterocycles. The van der Waals surface area contributed by atoms with Gasteiger partial charge < -0.3 is 4.74 Å². The normalized spacial score (nSPS) is 15.8. The van der Waals surface area contributed by atoms with Gasteiger partial charge in [0, 0.05) is 0 Å². The molecule has 0 radical (unpaired) electrons. The molecule has 2 aromatic carbocycles. The van der Waals surface area contributed by atoms with E-state index in [1.165, 1.54) is 0 Å². The van der Waals surface area contributed by atoms with E-state index >= 15 is 0 Å². The molecule has 0 atom stereocenters. The standard InChI is InChI=1S/C17H16O2/c1-13(18)17(11-12-17)14-7-9-16(10-8-14)19-15-5-3-2-4-6-15/h2-10H,11-12H2,1H3. The molecule has 3 rings (SSSR count). The minimum absolute atomic E-state index is 0.203. The largest absolute Gasteiger partial charge is 0.457 e. The second kappa shape index (κ2) is 4.54. The maximum Gasteiger partial charge on any atom is 0.140 e. The molecule has 2 heteroatoms. The van der Waals surface area contributed by atoms with Gasteiger partial charge in [-0.1, -0.05) is 30.3 Å². The Morgan fingerprint density at radius 1 is 0.947 bits per heavy atom. The van der Waals surface area contributed by atoms with Crippen molar-refractivity contribution in [2.45, 2.75) is 25.2 Å². The van der Waals surface area contributed by atoms with E-state index in [1.807, 2.05) is 54.6 Å². The average Bonchev–Trinajstić information content (AvgIpc) is 3.22. The van der Waals surface area contributed by atoms with Gasteiger partial charge in [-0.3, -0.25) is 4.79 Å². The van der Waals surface area contributed by atoms with Crippen molar-refractivity contribution in [3.8, 4) is 11.5 Å². The Balaban J connectivity index is 1.78. The van der Waals surface area contributed by atoms with E-state index in [1.54, 1.807) is 6.92 Å². The van der Waals surface area contributed by atoms with Crippen LogP contribution < -0.4 is 4.74 Å². The van der Waals surface area contributed by atoms with Gasteiger partial charge in [0.05, 0.1) is 5.41 Å². The molecule has 0 bridgehead atoms. The van der Waals surface area contributed by atoms with Crippen molar-refractivity contribution in [1.29, 1.82) is 0 Å². The SMILES string of the molecule is CC(=O)C1(c2ccc(Oc3ccccc3)cc2)CC1. The first-order chi connectivity index (χ1) is 9.21. The highest BCUT2D eigenvalue weighted by Crippen LogP contribution is 2.49. The summed E-state index contributed by atoms with van der Waals surface area (Å²) < 4.78 is 5.74. The third-order valence-electron chi connectivity index (χ3n) is 3.81. The molecule has 0 amide bonds. The van der Waals surface area contributed by atoms with Crippen LogP contribution in [-0.4, -0.2) is 5.78 Å². The molecule has 96 valence electrons. The Morgan fingerprint density at radius 3 is 2.05 bits per heavy atom. The number of hydrogen-bond acceptors (Lipinski definition) is 2. The first kappa shape index (κ1) is 12.0. The highest BCUT2D eigenvalue weighted by atomic mass is 16.5. The molecule has 1 saturated carbocycles. The van der Waals surface area contributed by atoms with Crippen LogP contribution in [0.4, 0.5) is 0 Å². The fourth-order valence-corrected chi connectivity index (χ4v) is 2.44. The van der Waals surface area contributed by atoms with E-state index in [9.17, 15) is 4.79 Å². The molecule has 2 nitrogen and oxygen atoms in total. The van der Waals surface area contributed by atoms with Crippen LogP contribution in [0.5, 0.6) is 11.5 Å². The number of hydrogen-bond donors (Lipinski definition) is 0. The number of ether oxygens (including phenoxy) is 1. The zero-order chi connectivity index (χ0) is 13.3. The van der Waals surface area contributed by atoms with E-state index in [0.717, 1.165) is 29.9 Å². The summed E-state index contributed by atoms with van der Waals surface area (Å²) in [6.07, 6.45) is 1.95. The zero-order valence-electron chi connectivity index (χ0n) is 10.9. The monoisotopic (exact) mass is 252 g/mol. The van der Waals surface area contributed by atoms with E-state index in [-0.39, 0.29) is 11.2 Å². The maximum absolute atomic E-state index is 11.7. The number of carbonyl (C=O) groups is 1. The van der Waals surface area contributed by atoms with Gasteiger partial charge in [0.2, 0.25) is 0 Å². The molecule has 1 aliphatic rings. The highest BCUT2D eigenvalue weighted by molar-refractivity contribution is 5.91. The van der Waals surface area contributed by atoms with E-state index < -0.39 is 0 Å². The summed E-state index contributed by atoms with van der Waals surface area (Å²) in [7, 11) is 0. The molecular weight excluding hydrogens is 236 g/mol. The summed E-state index contributed by atoms with van der Waals surface area (Å²) >= 11 is 0. The molecule has 0 heterocycles. The van der Waals surface area contributed by atoms with Crippen molar-refractivity contribution in [2.24, 2.45) is 0 Å². The van der Waals surface area contributed by atoms with Gasteiger partial charge in [-0.25, -0.2) is 0 Å². The molecule has 2 aromatic rings. The lowest BCUT2D eigenvalue weighted by Gasteiger charge is -2.12. The number of Topliss-reactive ketones (excluding diaryl/α,β-unsaturated/α-hetero) is 1. The Morgan fingerprint density at radius 2 is 1.53 bits per heavy atom. The number of carbonyl (C=O) groups excluding carboxylic acids is 1. The molecule has 0 saturated heterocycles. The van der Waals surface area contributed by atoms with Gasteiger partial charge in [0.15, 0.2) is 0 Å². The molecule has 19 heavy (non-hydrogen) atoms. The number of benzene rings is 2. The highest BCUT2D eigenvalue weighted by Gasteiger charge is 2.48. The van der Waals surface area contributed by atoms with Gasteiger partial charge in [0.1, 0.15) is 17.3 Å². The molecule has 0 aliphatic heterocycles. The maximum atomic E-state index is 11.7. The van der Waals surface area contributed by atoms with Gasteiger partial charge in [0.25, 0.3) is 0 Å². The van der Waals surface area contributed by atoms with Crippen LogP contribution >= 0.6 is 0 Å². The fraction of sp³-hybridized carbons (Fsp3) is 0.235. The second-order valence-corrected chi connectivity index (χ2v) is 5.08. The number of para-hydroxylation sites is 1. The lowest BCUT2D eigenvalue weighted by molar-refractivity contribution is -0.119. The molecule has 0 spiro atoms. The molecular formula is C17H16O2. The predicted molar refractivity (Wildman–Crippen MR) is 74.6 cm³/mol. The summed E-state index contributed by atoms with van der Waals surface area (Å²) in [5, 5.41) is 0. The van der Waals surface area contributed by atoms with Crippen LogP contribution in [0.2, 0.25) is 0 Å². The van der Waals surface area contributed by atoms with E-state index in [2.05, 4.69) is 0 Å². The molecule has 0 N–H and O–H groups in total. The molecule has 1 aliphatic carbocycles. The van der Waals surface area contributed by atoms with E-state index in [0.29, 0.717) is 0 Å². The summed E-state index contributed by atoms with van der Waals surface area (Å²) in [4.78, 5) is 11.7. The zero-order valence-corrected chi connectivity index (χ0v) is 10.9. The van der Waals surface area contributed by atoms with Gasteiger partial charge in [-0.2, -0.15) is 0 Å². The summed E-state index contributed by atoms with van der Waals surface area (Å²) in [6.45, 7) is 1.68. The Hall–Kier alpha value is -2.09. The van der Waals surface area contributed by atoms with Crippen LogP contribution in [0, 0.1) is 0 Å². The van der Waals surface area contributed by atoms with Gasteiger partial charge >= 0.3 is 0 Å². The van der Waals surface area contributed by atoms with E-state index in [4.69, 9.17) is 4.74 Å². The van der Waals surface area contributed by atoms with Gasteiger partial charge in [-0.15, -0.1) is 0 Å². The third-order valence-corrected chi connectivity index (χ3v) is 3.81. The van der Waals surface area contributed by atoms with Crippen molar-refractivity contribution >= 4 is 5.78 Å². The Labute approximate surface area is 113 Å². The van der Waals surface area contributed by atoms with Gasteiger partial charge in [-0.05, 0) is 49.6 Å². The average molecular weight is 252 g/mol. The summed E-state index contributed by atoms with van der Waals surface area (Å²) in [6, 6.07) is 17.6. The van der Waals surface area contributed by atoms with Crippen molar-refractivity contribution in [1.82, 2.24) is 0 Å². The lowest BCUT2D eigenvalue weighted by atomic mass is 9.92. The third kappa shape index (κ3) is 2.26. The second-order valence-electron chi connectivity index (χ2n) is 5.08. The van der Waals surface area contributed by atoms with Crippen molar-refractivity contribution in [3.05, 3.63) is 60.2 Å². The van der Waals surface area contributed by atoms with Crippen LogP contribution in [0.3, 0.4) is 0 Å². The smallest absolute Gasteiger partial charge is 0.140 e. The topological polar surface area (TPSA) is 26.3 Å². The lowest BCUT2D eigenvalue weighted by Crippen LogP contribution is -2.16. The molecule has 0 unspecified atom stereocenters. The first-order valence-electron chi connectivity index (χ1n) is 6.55. The minimum atomic E-state index is -0.203. The Bertz CT molecular complexity index is 580. The van der Waals surface area contributed by atoms with Crippen molar-refractivity contribution in [2.75, 3.05) is 0 Å². The van der Waals surface area contributed by atoms with Crippen LogP contribution in [0.1, 0.15) is 25.3 Å². The summed E-state index contributed by atoms with van der Waals surface area (Å²) in [5.74, 6) is 1.89. The fourth-order valence-electron chi connectivity index (χ4n) is 2.44. The van der Waals surface area contributed by atoms with Crippen LogP contribution in [0.15, 0.2) is 54.6 Å². The Kier molecular flexibility index (Phi) is 2.86. The van der Waals surface area contributed by atoms with Crippen molar-refractivity contribution < 1.29 is 9.53 Å². The van der Waals surface area contributed by atoms with Crippen molar-refractivity contribution in [3.63, 3.8) is 0 Å². The number of rotatable bonds is 4. The predicted octanol–water partition coefficient (Wildman–Crippen LogP) is 4.10. The van der Waals surface area contributed by atoms with Crippen LogP contribution in [0.25, 0.3) is 0 Å². The minimum Gasteiger partial charge on any atom is -0.457 e. The quantitative estimate of drug-likeness (QED) is 0.818. The summed E-state index contributed by atoms with van der Waals surface area (Å²) in [5.41, 5.74) is 0.908. The number of ketones is 1. The first-order valence-corrected chi connectivity index (χ1v) is 6.55.